The molecule has 1 aromatic rings. The van der Waals surface area contributed by atoms with Crippen molar-refractivity contribution in [2.45, 2.75) is 39.3 Å². The molecule has 5 heteroatoms. The highest BCUT2D eigenvalue weighted by molar-refractivity contribution is 6.33. The number of pyridine rings is 1. The summed E-state index contributed by atoms with van der Waals surface area (Å²) in [7, 11) is 0. The number of ether oxygens (including phenoxy) is 1. The summed E-state index contributed by atoms with van der Waals surface area (Å²) in [5.74, 6) is 0.693. The summed E-state index contributed by atoms with van der Waals surface area (Å²) < 4.78 is 5.70. The molecular weight excluding hydrogens is 250 g/mol. The zero-order valence-corrected chi connectivity index (χ0v) is 11.8. The molecule has 0 radical (unpaired) electrons. The number of nitrogens with two attached hydrogens (primary N) is 1. The molecule has 0 aromatic carbocycles. The van der Waals surface area contributed by atoms with Gasteiger partial charge in [-0.2, -0.15) is 0 Å². The molecule has 18 heavy (non-hydrogen) atoms. The molecule has 1 aliphatic carbocycles. The first-order valence-corrected chi connectivity index (χ1v) is 6.62. The second-order valence-electron chi connectivity index (χ2n) is 5.30. The van der Waals surface area contributed by atoms with E-state index in [1.54, 1.807) is 12.3 Å². The summed E-state index contributed by atoms with van der Waals surface area (Å²) in [6, 6.07) is 2.03. The van der Waals surface area contributed by atoms with Crippen LogP contribution >= 0.6 is 11.6 Å². The van der Waals surface area contributed by atoms with E-state index < -0.39 is 0 Å². The van der Waals surface area contributed by atoms with Crippen molar-refractivity contribution in [1.82, 2.24) is 4.98 Å². The van der Waals surface area contributed by atoms with E-state index in [4.69, 9.17) is 22.1 Å². The van der Waals surface area contributed by atoms with E-state index in [1.165, 1.54) is 0 Å². The van der Waals surface area contributed by atoms with Gasteiger partial charge in [-0.05, 0) is 19.4 Å². The number of aromatic nitrogens is 1. The van der Waals surface area contributed by atoms with E-state index in [1.807, 2.05) is 6.92 Å². The number of hydrogen-bond donors (Lipinski definition) is 2. The number of rotatable bonds is 4. The number of anilines is 2. The predicted octanol–water partition coefficient (Wildman–Crippen LogP) is 2.93. The van der Waals surface area contributed by atoms with Crippen LogP contribution in [0.25, 0.3) is 0 Å². The van der Waals surface area contributed by atoms with Gasteiger partial charge in [-0.1, -0.05) is 25.4 Å². The SMILES string of the molecule is CCOC1CC(Nc2ncc(N)cc2Cl)C1(C)C. The predicted molar refractivity (Wildman–Crippen MR) is 74.9 cm³/mol. The van der Waals surface area contributed by atoms with Crippen molar-refractivity contribution >= 4 is 23.1 Å². The van der Waals surface area contributed by atoms with Crippen molar-refractivity contribution in [2.75, 3.05) is 17.7 Å². The molecule has 0 aliphatic heterocycles. The second kappa shape index (κ2) is 4.94. The smallest absolute Gasteiger partial charge is 0.145 e. The fourth-order valence-electron chi connectivity index (χ4n) is 2.34. The summed E-state index contributed by atoms with van der Waals surface area (Å²) in [6.45, 7) is 7.16. The maximum absolute atomic E-state index is 6.11. The number of hydrogen-bond acceptors (Lipinski definition) is 4. The van der Waals surface area contributed by atoms with Crippen molar-refractivity contribution < 1.29 is 4.74 Å². The lowest BCUT2D eigenvalue weighted by Crippen LogP contribution is -2.58. The summed E-state index contributed by atoms with van der Waals surface area (Å²) in [5, 5.41) is 3.93. The molecule has 0 saturated heterocycles. The fourth-order valence-corrected chi connectivity index (χ4v) is 2.57. The first kappa shape index (κ1) is 13.4. The van der Waals surface area contributed by atoms with Gasteiger partial charge in [0.05, 0.1) is 23.0 Å². The van der Waals surface area contributed by atoms with Gasteiger partial charge < -0.3 is 15.8 Å². The van der Waals surface area contributed by atoms with E-state index in [9.17, 15) is 0 Å². The third kappa shape index (κ3) is 2.40. The van der Waals surface area contributed by atoms with Gasteiger partial charge in [0.2, 0.25) is 0 Å². The maximum Gasteiger partial charge on any atom is 0.145 e. The van der Waals surface area contributed by atoms with E-state index in [2.05, 4.69) is 24.1 Å². The van der Waals surface area contributed by atoms with Crippen molar-refractivity contribution in [2.24, 2.45) is 5.41 Å². The van der Waals surface area contributed by atoms with Gasteiger partial charge in [-0.3, -0.25) is 0 Å². The summed E-state index contributed by atoms with van der Waals surface area (Å²) >= 11 is 6.11. The zero-order valence-electron chi connectivity index (χ0n) is 11.0. The molecule has 0 spiro atoms. The Morgan fingerprint density at radius 1 is 1.61 bits per heavy atom. The minimum absolute atomic E-state index is 0.0857. The van der Waals surface area contributed by atoms with Crippen molar-refractivity contribution in [3.63, 3.8) is 0 Å². The quantitative estimate of drug-likeness (QED) is 0.882. The van der Waals surface area contributed by atoms with Gasteiger partial charge in [0, 0.05) is 18.1 Å². The van der Waals surface area contributed by atoms with Gasteiger partial charge in [-0.15, -0.1) is 0 Å². The molecule has 2 atom stereocenters. The zero-order chi connectivity index (χ0) is 13.3. The van der Waals surface area contributed by atoms with Gasteiger partial charge in [0.25, 0.3) is 0 Å². The molecule has 0 amide bonds. The van der Waals surface area contributed by atoms with Crippen LogP contribution in [0.1, 0.15) is 27.2 Å². The molecule has 2 unspecified atom stereocenters. The third-order valence-corrected chi connectivity index (χ3v) is 4.01. The van der Waals surface area contributed by atoms with Gasteiger partial charge in [0.1, 0.15) is 5.82 Å². The maximum atomic E-state index is 6.11. The Balaban J connectivity index is 2.03. The molecular formula is C13H20ClN3O. The normalized spacial score (nSPS) is 25.6. The molecule has 2 rings (SSSR count). The lowest BCUT2D eigenvalue weighted by atomic mass is 9.64. The van der Waals surface area contributed by atoms with Gasteiger partial charge in [0.15, 0.2) is 0 Å². The summed E-state index contributed by atoms with van der Waals surface area (Å²) in [6.07, 6.45) is 2.89. The molecule has 3 N–H and O–H groups in total. The van der Waals surface area contributed by atoms with Crippen molar-refractivity contribution in [3.8, 4) is 0 Å². The largest absolute Gasteiger partial charge is 0.397 e. The number of nitrogens with one attached hydrogen (secondary N) is 1. The Morgan fingerprint density at radius 3 is 2.89 bits per heavy atom. The molecule has 1 heterocycles. The van der Waals surface area contributed by atoms with Crippen LogP contribution in [-0.2, 0) is 4.74 Å². The van der Waals surface area contributed by atoms with E-state index in [0.717, 1.165) is 13.0 Å². The Morgan fingerprint density at radius 2 is 2.33 bits per heavy atom. The van der Waals surface area contributed by atoms with Crippen LogP contribution < -0.4 is 11.1 Å². The number of halogens is 1. The van der Waals surface area contributed by atoms with Crippen LogP contribution in [0, 0.1) is 5.41 Å². The average Bonchev–Trinajstić information content (AvgIpc) is 2.30. The standard InChI is InChI=1S/C13H20ClN3O/c1-4-18-11-6-10(13(11,2)3)17-12-9(14)5-8(15)7-16-12/h5,7,10-11H,4,6,15H2,1-3H3,(H,16,17). The Bertz CT molecular complexity index is 436. The minimum atomic E-state index is 0.0857. The molecule has 1 saturated carbocycles. The molecule has 100 valence electrons. The second-order valence-corrected chi connectivity index (χ2v) is 5.70. The lowest BCUT2D eigenvalue weighted by molar-refractivity contribution is -0.0976. The van der Waals surface area contributed by atoms with Gasteiger partial charge >= 0.3 is 0 Å². The van der Waals surface area contributed by atoms with E-state index in [-0.39, 0.29) is 5.41 Å². The molecule has 1 aliphatic rings. The van der Waals surface area contributed by atoms with Crippen LogP contribution in [-0.4, -0.2) is 23.7 Å². The number of nitrogens with zero attached hydrogens (tertiary/aromatic N) is 1. The van der Waals surface area contributed by atoms with E-state index in [0.29, 0.717) is 28.7 Å². The topological polar surface area (TPSA) is 60.2 Å². The van der Waals surface area contributed by atoms with Crippen LogP contribution in [0.3, 0.4) is 0 Å². The number of nitrogen functional groups attached to an aromatic ring is 1. The van der Waals surface area contributed by atoms with Gasteiger partial charge in [-0.25, -0.2) is 4.98 Å². The van der Waals surface area contributed by atoms with E-state index >= 15 is 0 Å². The van der Waals surface area contributed by atoms with Crippen LogP contribution in [0.5, 0.6) is 0 Å². The minimum Gasteiger partial charge on any atom is -0.397 e. The molecule has 1 fully saturated rings. The fraction of sp³-hybridized carbons (Fsp3) is 0.615. The Hall–Kier alpha value is -1.00. The highest BCUT2D eigenvalue weighted by Gasteiger charge is 2.49. The van der Waals surface area contributed by atoms with Crippen molar-refractivity contribution in [3.05, 3.63) is 17.3 Å². The molecule has 4 nitrogen and oxygen atoms in total. The van der Waals surface area contributed by atoms with Crippen LogP contribution in [0.15, 0.2) is 12.3 Å². The average molecular weight is 270 g/mol. The first-order chi connectivity index (χ1) is 8.45. The highest BCUT2D eigenvalue weighted by Crippen LogP contribution is 2.44. The molecule has 0 bridgehead atoms. The summed E-state index contributed by atoms with van der Waals surface area (Å²) in [5.41, 5.74) is 6.29. The molecule has 1 aromatic heterocycles. The van der Waals surface area contributed by atoms with Crippen LogP contribution in [0.4, 0.5) is 11.5 Å². The summed E-state index contributed by atoms with van der Waals surface area (Å²) in [4.78, 5) is 4.23. The van der Waals surface area contributed by atoms with Crippen molar-refractivity contribution in [1.29, 1.82) is 0 Å². The highest BCUT2D eigenvalue weighted by atomic mass is 35.5. The van der Waals surface area contributed by atoms with Crippen LogP contribution in [0.2, 0.25) is 5.02 Å². The first-order valence-electron chi connectivity index (χ1n) is 6.24. The monoisotopic (exact) mass is 269 g/mol. The lowest BCUT2D eigenvalue weighted by Gasteiger charge is -2.51. The Kier molecular flexibility index (Phi) is 3.69. The Labute approximate surface area is 113 Å². The third-order valence-electron chi connectivity index (χ3n) is 3.72.